The Labute approximate surface area is 71.1 Å². The third kappa shape index (κ3) is 2.10. The number of methoxy groups -OCH3 is 2. The summed E-state index contributed by atoms with van der Waals surface area (Å²) in [7, 11) is 3.14. The predicted molar refractivity (Wildman–Crippen MR) is 43.3 cm³/mol. The van der Waals surface area contributed by atoms with E-state index in [1.54, 1.807) is 32.7 Å². The predicted octanol–water partition coefficient (Wildman–Crippen LogP) is 1.07. The van der Waals surface area contributed by atoms with Gasteiger partial charge in [0, 0.05) is 19.4 Å². The van der Waals surface area contributed by atoms with Crippen LogP contribution in [-0.2, 0) is 4.74 Å². The first-order valence-electron chi connectivity index (χ1n) is 3.48. The highest BCUT2D eigenvalue weighted by Gasteiger charge is 2.01. The van der Waals surface area contributed by atoms with Crippen LogP contribution in [-0.4, -0.2) is 26.0 Å². The van der Waals surface area contributed by atoms with Gasteiger partial charge in [0.2, 0.25) is 0 Å². The topological polar surface area (TPSA) is 40.6 Å². The fourth-order valence-electron chi connectivity index (χ4n) is 0.767. The first kappa shape index (κ1) is 8.80. The van der Waals surface area contributed by atoms with Crippen LogP contribution in [0.2, 0.25) is 0 Å². The van der Waals surface area contributed by atoms with Gasteiger partial charge in [-0.2, -0.15) is 0 Å². The van der Waals surface area contributed by atoms with Gasteiger partial charge in [-0.15, -0.1) is 0 Å². The van der Waals surface area contributed by atoms with Gasteiger partial charge in [0.1, 0.15) is 0 Å². The van der Waals surface area contributed by atoms with Crippen LogP contribution >= 0.6 is 0 Å². The molecule has 0 aliphatic rings. The van der Waals surface area contributed by atoms with E-state index in [4.69, 9.17) is 14.2 Å². The minimum Gasteiger partial charge on any atom is -0.493 e. The molecule has 0 fully saturated rings. The van der Waals surface area contributed by atoms with Crippen LogP contribution in [0, 0.1) is 0 Å². The number of aromatic nitrogens is 1. The molecule has 0 amide bonds. The second-order valence-corrected chi connectivity index (χ2v) is 2.08. The molecule has 1 aromatic heterocycles. The highest BCUT2D eigenvalue weighted by atomic mass is 16.7. The van der Waals surface area contributed by atoms with Crippen molar-refractivity contribution >= 4 is 0 Å². The standard InChI is InChI=1S/C8H11NO3/c1-10-6-12-8-5-9-4-3-7(8)11-2/h3-5H,6H2,1-2H3. The van der Waals surface area contributed by atoms with Crippen LogP contribution in [0.25, 0.3) is 0 Å². The molecule has 4 nitrogen and oxygen atoms in total. The summed E-state index contributed by atoms with van der Waals surface area (Å²) in [6.07, 6.45) is 3.22. The number of nitrogens with zero attached hydrogens (tertiary/aromatic N) is 1. The Balaban J connectivity index is 2.68. The number of hydrogen-bond acceptors (Lipinski definition) is 4. The van der Waals surface area contributed by atoms with Crippen LogP contribution < -0.4 is 9.47 Å². The van der Waals surface area contributed by atoms with Gasteiger partial charge < -0.3 is 14.2 Å². The second-order valence-electron chi connectivity index (χ2n) is 2.08. The minimum absolute atomic E-state index is 0.196. The van der Waals surface area contributed by atoms with Gasteiger partial charge in [-0.1, -0.05) is 0 Å². The largest absolute Gasteiger partial charge is 0.493 e. The van der Waals surface area contributed by atoms with E-state index in [9.17, 15) is 0 Å². The Morgan fingerprint density at radius 2 is 2.17 bits per heavy atom. The third-order valence-corrected chi connectivity index (χ3v) is 1.30. The molecule has 0 radical (unpaired) electrons. The smallest absolute Gasteiger partial charge is 0.189 e. The van der Waals surface area contributed by atoms with Gasteiger partial charge in [0.15, 0.2) is 18.3 Å². The summed E-state index contributed by atoms with van der Waals surface area (Å²) in [5, 5.41) is 0. The quantitative estimate of drug-likeness (QED) is 0.632. The minimum atomic E-state index is 0.196. The molecule has 1 heterocycles. The second kappa shape index (κ2) is 4.56. The maximum Gasteiger partial charge on any atom is 0.189 e. The van der Waals surface area contributed by atoms with E-state index in [-0.39, 0.29) is 6.79 Å². The average Bonchev–Trinajstić information content (AvgIpc) is 2.15. The van der Waals surface area contributed by atoms with Crippen molar-refractivity contribution in [2.24, 2.45) is 0 Å². The fraction of sp³-hybridized carbons (Fsp3) is 0.375. The molecule has 0 N–H and O–H groups in total. The Morgan fingerprint density at radius 1 is 1.33 bits per heavy atom. The summed E-state index contributed by atoms with van der Waals surface area (Å²) in [6.45, 7) is 0.196. The van der Waals surface area contributed by atoms with Crippen molar-refractivity contribution in [1.82, 2.24) is 4.98 Å². The summed E-state index contributed by atoms with van der Waals surface area (Å²) < 4.78 is 14.9. The first-order chi connectivity index (χ1) is 5.88. The molecule has 0 bridgehead atoms. The highest BCUT2D eigenvalue weighted by molar-refractivity contribution is 5.36. The zero-order valence-corrected chi connectivity index (χ0v) is 7.11. The summed E-state index contributed by atoms with van der Waals surface area (Å²) in [5.41, 5.74) is 0. The van der Waals surface area contributed by atoms with E-state index in [2.05, 4.69) is 4.98 Å². The van der Waals surface area contributed by atoms with Crippen molar-refractivity contribution in [2.45, 2.75) is 0 Å². The lowest BCUT2D eigenvalue weighted by Crippen LogP contribution is -2.00. The van der Waals surface area contributed by atoms with Gasteiger partial charge in [0.05, 0.1) is 13.3 Å². The van der Waals surface area contributed by atoms with E-state index in [1.807, 2.05) is 0 Å². The first-order valence-corrected chi connectivity index (χ1v) is 3.48. The zero-order chi connectivity index (χ0) is 8.81. The molecular formula is C8H11NO3. The Morgan fingerprint density at radius 3 is 2.83 bits per heavy atom. The Hall–Kier alpha value is -1.29. The van der Waals surface area contributed by atoms with Gasteiger partial charge >= 0.3 is 0 Å². The van der Waals surface area contributed by atoms with Crippen LogP contribution in [0.3, 0.4) is 0 Å². The van der Waals surface area contributed by atoms with Crippen molar-refractivity contribution in [3.8, 4) is 11.5 Å². The van der Waals surface area contributed by atoms with E-state index in [0.717, 1.165) is 0 Å². The summed E-state index contributed by atoms with van der Waals surface area (Å²) in [6, 6.07) is 1.73. The van der Waals surface area contributed by atoms with E-state index >= 15 is 0 Å². The molecule has 0 saturated heterocycles. The molecule has 1 rings (SSSR count). The van der Waals surface area contributed by atoms with Crippen LogP contribution in [0.4, 0.5) is 0 Å². The van der Waals surface area contributed by atoms with Gasteiger partial charge in [-0.05, 0) is 0 Å². The van der Waals surface area contributed by atoms with Crippen molar-refractivity contribution < 1.29 is 14.2 Å². The number of rotatable bonds is 4. The Bertz CT molecular complexity index is 239. The zero-order valence-electron chi connectivity index (χ0n) is 7.11. The summed E-state index contributed by atoms with van der Waals surface area (Å²) in [4.78, 5) is 3.89. The highest BCUT2D eigenvalue weighted by Crippen LogP contribution is 2.24. The molecule has 1 aromatic rings. The van der Waals surface area contributed by atoms with Crippen LogP contribution in [0.15, 0.2) is 18.5 Å². The van der Waals surface area contributed by atoms with E-state index in [1.165, 1.54) is 0 Å². The lowest BCUT2D eigenvalue weighted by atomic mass is 10.4. The molecule has 0 spiro atoms. The molecule has 0 aliphatic carbocycles. The van der Waals surface area contributed by atoms with Gasteiger partial charge in [-0.3, -0.25) is 4.98 Å². The maximum absolute atomic E-state index is 5.17. The van der Waals surface area contributed by atoms with Crippen molar-refractivity contribution in [3.05, 3.63) is 18.5 Å². The van der Waals surface area contributed by atoms with E-state index < -0.39 is 0 Å². The van der Waals surface area contributed by atoms with Crippen LogP contribution in [0.1, 0.15) is 0 Å². The molecule has 4 heteroatoms. The van der Waals surface area contributed by atoms with Crippen molar-refractivity contribution in [1.29, 1.82) is 0 Å². The fourth-order valence-corrected chi connectivity index (χ4v) is 0.767. The normalized spacial score (nSPS) is 9.50. The van der Waals surface area contributed by atoms with Crippen molar-refractivity contribution in [2.75, 3.05) is 21.0 Å². The monoisotopic (exact) mass is 169 g/mol. The molecule has 0 saturated carbocycles. The van der Waals surface area contributed by atoms with Crippen LogP contribution in [0.5, 0.6) is 11.5 Å². The van der Waals surface area contributed by atoms with Gasteiger partial charge in [0.25, 0.3) is 0 Å². The average molecular weight is 169 g/mol. The summed E-state index contributed by atoms with van der Waals surface area (Å²) in [5.74, 6) is 1.24. The molecule has 0 unspecified atom stereocenters. The van der Waals surface area contributed by atoms with E-state index in [0.29, 0.717) is 11.5 Å². The van der Waals surface area contributed by atoms with Gasteiger partial charge in [-0.25, -0.2) is 0 Å². The Kier molecular flexibility index (Phi) is 3.35. The lowest BCUT2D eigenvalue weighted by Gasteiger charge is -2.07. The molecule has 0 aromatic carbocycles. The number of hydrogen-bond donors (Lipinski definition) is 0. The SMILES string of the molecule is COCOc1cnccc1OC. The molecule has 0 atom stereocenters. The molecule has 12 heavy (non-hydrogen) atoms. The molecule has 66 valence electrons. The summed E-state index contributed by atoms with van der Waals surface area (Å²) >= 11 is 0. The lowest BCUT2D eigenvalue weighted by molar-refractivity contribution is 0.0489. The van der Waals surface area contributed by atoms with Crippen molar-refractivity contribution in [3.63, 3.8) is 0 Å². The molecule has 0 aliphatic heterocycles. The number of ether oxygens (including phenoxy) is 3. The third-order valence-electron chi connectivity index (χ3n) is 1.30. The molecular weight excluding hydrogens is 158 g/mol. The maximum atomic E-state index is 5.17. The number of pyridine rings is 1.